The number of aromatic amines is 1. The maximum absolute atomic E-state index is 11.8. The van der Waals surface area contributed by atoms with E-state index < -0.39 is 46.1 Å². The molecule has 9 nitrogen and oxygen atoms in total. The number of H-pyrrole nitrogens is 1. The number of hydrogen-bond acceptors (Lipinski definition) is 9. The molecule has 2 rings (SSSR count). The first kappa shape index (κ1) is 20.0. The summed E-state index contributed by atoms with van der Waals surface area (Å²) >= 11 is 2.66. The van der Waals surface area contributed by atoms with Gasteiger partial charge in [-0.15, -0.1) is 11.8 Å². The molecule has 1 aromatic rings. The Morgan fingerprint density at radius 1 is 1.48 bits per heavy atom. The van der Waals surface area contributed by atoms with Gasteiger partial charge in [-0.3, -0.25) is 19.1 Å². The fraction of sp³-hybridized carbons (Fsp3) is 0.643. The molecule has 0 amide bonds. The Balaban J connectivity index is 1.99. The summed E-state index contributed by atoms with van der Waals surface area (Å²) in [6, 6.07) is 0.414. The summed E-state index contributed by atoms with van der Waals surface area (Å²) in [5, 5.41) is 18.9. The maximum atomic E-state index is 11.8. The fourth-order valence-electron chi connectivity index (χ4n) is 2.36. The number of carbonyl (C=O) groups is 1. The average Bonchev–Trinajstić information content (AvgIpc) is 2.85. The summed E-state index contributed by atoms with van der Waals surface area (Å²) in [5.41, 5.74) is 4.48. The van der Waals surface area contributed by atoms with E-state index in [0.717, 1.165) is 28.1 Å². The Bertz CT molecular complexity index is 708. The molecule has 5 atom stereocenters. The van der Waals surface area contributed by atoms with Crippen molar-refractivity contribution in [1.82, 2.24) is 9.55 Å². The van der Waals surface area contributed by atoms with Crippen LogP contribution in [0.25, 0.3) is 0 Å². The molecule has 1 aliphatic rings. The van der Waals surface area contributed by atoms with Crippen LogP contribution < -0.4 is 17.0 Å². The van der Waals surface area contributed by atoms with Gasteiger partial charge in [0.1, 0.15) is 24.1 Å². The Hall–Kier alpha value is -1.27. The number of hydrogen-bond donors (Lipinski definition) is 4. The van der Waals surface area contributed by atoms with Crippen molar-refractivity contribution in [3.8, 4) is 0 Å². The first-order valence-corrected chi connectivity index (χ1v) is 9.93. The van der Waals surface area contributed by atoms with E-state index in [0.29, 0.717) is 6.42 Å². The van der Waals surface area contributed by atoms with Crippen LogP contribution in [0.1, 0.15) is 11.8 Å². The monoisotopic (exact) mass is 391 g/mol. The van der Waals surface area contributed by atoms with Gasteiger partial charge in [-0.2, -0.15) is 11.8 Å². The van der Waals surface area contributed by atoms with Crippen molar-refractivity contribution >= 4 is 29.5 Å². The van der Waals surface area contributed by atoms with Crippen LogP contribution >= 0.6 is 23.5 Å². The number of rotatable bonds is 7. The smallest absolute Gasteiger partial charge is 0.329 e. The van der Waals surface area contributed by atoms with Crippen LogP contribution in [0.2, 0.25) is 0 Å². The Morgan fingerprint density at radius 2 is 2.20 bits per heavy atom. The number of nitrogens with one attached hydrogen (secondary N) is 1. The van der Waals surface area contributed by atoms with Gasteiger partial charge in [-0.05, 0) is 18.4 Å². The quantitative estimate of drug-likeness (QED) is 0.407. The number of thioether (sulfide) groups is 2. The van der Waals surface area contributed by atoms with E-state index in [9.17, 15) is 24.6 Å². The number of ether oxygens (including phenoxy) is 1. The molecule has 2 heterocycles. The Labute approximate surface area is 151 Å². The molecule has 0 radical (unpaired) electrons. The number of aromatic nitrogens is 2. The highest BCUT2D eigenvalue weighted by Gasteiger charge is 2.44. The molecule has 0 spiro atoms. The van der Waals surface area contributed by atoms with E-state index in [2.05, 4.69) is 4.98 Å². The predicted molar refractivity (Wildman–Crippen MR) is 95.7 cm³/mol. The van der Waals surface area contributed by atoms with Crippen molar-refractivity contribution in [2.45, 2.75) is 35.3 Å². The third kappa shape index (κ3) is 4.88. The molecule has 0 aliphatic carbocycles. The van der Waals surface area contributed by atoms with Gasteiger partial charge in [0.25, 0.3) is 5.56 Å². The maximum Gasteiger partial charge on any atom is 0.329 e. The summed E-state index contributed by atoms with van der Waals surface area (Å²) in [4.78, 5) is 36.9. The van der Waals surface area contributed by atoms with E-state index in [4.69, 9.17) is 10.5 Å². The summed E-state index contributed by atoms with van der Waals surface area (Å²) in [5.74, 6) is 0.161. The van der Waals surface area contributed by atoms with Crippen molar-refractivity contribution in [2.75, 3.05) is 18.6 Å². The zero-order valence-electron chi connectivity index (χ0n) is 13.5. The van der Waals surface area contributed by atoms with E-state index >= 15 is 0 Å². The number of nitrogens with zero attached hydrogens (tertiary/aromatic N) is 1. The predicted octanol–water partition coefficient (Wildman–Crippen LogP) is -1.50. The molecule has 2 unspecified atom stereocenters. The first-order valence-electron chi connectivity index (χ1n) is 7.59. The largest absolute Gasteiger partial charge is 0.463 e. The zero-order valence-corrected chi connectivity index (χ0v) is 15.2. The molecule has 1 fully saturated rings. The lowest BCUT2D eigenvalue weighted by Crippen LogP contribution is -2.38. The second-order valence-electron chi connectivity index (χ2n) is 5.58. The number of nitrogens with two attached hydrogens (primary N) is 1. The molecule has 1 aliphatic heterocycles. The van der Waals surface area contributed by atoms with Crippen LogP contribution in [-0.4, -0.2) is 67.8 Å². The van der Waals surface area contributed by atoms with Crippen LogP contribution in [0.4, 0.5) is 0 Å². The van der Waals surface area contributed by atoms with Gasteiger partial charge in [-0.25, -0.2) is 4.79 Å². The van der Waals surface area contributed by atoms with Crippen LogP contribution in [0.3, 0.4) is 0 Å². The topological polar surface area (TPSA) is 148 Å². The van der Waals surface area contributed by atoms with E-state index in [1.165, 1.54) is 6.20 Å². The van der Waals surface area contributed by atoms with Gasteiger partial charge in [0, 0.05) is 12.3 Å². The number of carbonyl (C=O) groups excluding carboxylic acids is 1. The van der Waals surface area contributed by atoms with Crippen LogP contribution in [0.5, 0.6) is 0 Å². The third-order valence-corrected chi connectivity index (χ3v) is 5.98. The second-order valence-corrected chi connectivity index (χ2v) is 7.93. The Morgan fingerprint density at radius 3 is 2.84 bits per heavy atom. The average molecular weight is 391 g/mol. The highest BCUT2D eigenvalue weighted by Crippen LogP contribution is 2.41. The van der Waals surface area contributed by atoms with E-state index in [1.807, 2.05) is 6.26 Å². The minimum atomic E-state index is -1.25. The Kier molecular flexibility index (Phi) is 7.14. The third-order valence-electron chi connectivity index (χ3n) is 3.79. The molecule has 0 aromatic carbocycles. The summed E-state index contributed by atoms with van der Waals surface area (Å²) in [6.07, 6.45) is 1.20. The number of aliphatic hydroxyl groups excluding tert-OH is 2. The van der Waals surface area contributed by atoms with Gasteiger partial charge in [-0.1, -0.05) is 0 Å². The van der Waals surface area contributed by atoms with Gasteiger partial charge in [0.2, 0.25) is 0 Å². The fourth-order valence-corrected chi connectivity index (χ4v) is 4.29. The van der Waals surface area contributed by atoms with Crippen molar-refractivity contribution in [1.29, 1.82) is 0 Å². The number of esters is 1. The molecule has 1 saturated heterocycles. The molecular formula is C14H21N3O6S2. The summed E-state index contributed by atoms with van der Waals surface area (Å²) in [6.45, 7) is -0.136. The zero-order chi connectivity index (χ0) is 18.6. The summed E-state index contributed by atoms with van der Waals surface area (Å²) in [7, 11) is 0. The van der Waals surface area contributed by atoms with E-state index in [1.54, 1.807) is 11.8 Å². The van der Waals surface area contributed by atoms with Crippen molar-refractivity contribution in [3.05, 3.63) is 33.1 Å². The minimum Gasteiger partial charge on any atom is -0.463 e. The second kappa shape index (κ2) is 8.90. The molecular weight excluding hydrogens is 370 g/mol. The highest BCUT2D eigenvalue weighted by atomic mass is 32.2. The molecule has 11 heteroatoms. The van der Waals surface area contributed by atoms with Crippen LogP contribution in [-0.2, 0) is 9.53 Å². The molecule has 0 bridgehead atoms. The van der Waals surface area contributed by atoms with Gasteiger partial charge < -0.3 is 20.7 Å². The normalized spacial score (nSPS) is 27.2. The number of aliphatic hydroxyl groups is 2. The lowest BCUT2D eigenvalue weighted by Gasteiger charge is -2.17. The highest BCUT2D eigenvalue weighted by molar-refractivity contribution is 8.00. The standard InChI is InChI=1S/C14H21N3O6S2/c1-24-5-3-7(15)13(21)23-6-8-10(19)11(20)12(25-8)17-4-2-9(18)16-14(17)22/h2,4,7-8,10-12,19-20H,3,5-6,15H2,1H3,(H,16,18,22)/t7-,8+,10?,11?,12+/m0/s1. The van der Waals surface area contributed by atoms with Crippen molar-refractivity contribution in [2.24, 2.45) is 5.73 Å². The first-order chi connectivity index (χ1) is 11.8. The van der Waals surface area contributed by atoms with Crippen LogP contribution in [0.15, 0.2) is 21.9 Å². The molecule has 5 N–H and O–H groups in total. The molecule has 0 saturated carbocycles. The van der Waals surface area contributed by atoms with Gasteiger partial charge in [0.05, 0.1) is 11.4 Å². The minimum absolute atomic E-state index is 0.136. The van der Waals surface area contributed by atoms with Crippen molar-refractivity contribution < 1.29 is 19.7 Å². The molecule has 140 valence electrons. The van der Waals surface area contributed by atoms with Crippen LogP contribution in [0, 0.1) is 0 Å². The SMILES string of the molecule is CSCC[C@H](N)C(=O)OC[C@H]1S[C@@H](n2ccc(=O)[nH]c2=O)C(O)C1O. The van der Waals surface area contributed by atoms with Crippen molar-refractivity contribution in [3.63, 3.8) is 0 Å². The molecule has 1 aromatic heterocycles. The lowest BCUT2D eigenvalue weighted by molar-refractivity contribution is -0.146. The van der Waals surface area contributed by atoms with Gasteiger partial charge >= 0.3 is 11.7 Å². The molecule has 25 heavy (non-hydrogen) atoms. The van der Waals surface area contributed by atoms with Gasteiger partial charge in [0.15, 0.2) is 0 Å². The summed E-state index contributed by atoms with van der Waals surface area (Å²) < 4.78 is 6.26. The lowest BCUT2D eigenvalue weighted by atomic mass is 10.1. The van der Waals surface area contributed by atoms with E-state index in [-0.39, 0.29) is 6.61 Å².